The average molecular weight is 272 g/mol. The van der Waals surface area contributed by atoms with E-state index in [4.69, 9.17) is 5.26 Å². The molecule has 2 rings (SSSR count). The predicted molar refractivity (Wildman–Crippen MR) is 73.5 cm³/mol. The van der Waals surface area contributed by atoms with Gasteiger partial charge in [0.2, 0.25) is 5.91 Å². The van der Waals surface area contributed by atoms with E-state index in [0.29, 0.717) is 13.0 Å². The first-order valence-electron chi connectivity index (χ1n) is 5.78. The first-order valence-corrected chi connectivity index (χ1v) is 6.76. The molecule has 1 N–H and O–H groups in total. The maximum atomic E-state index is 11.5. The van der Waals surface area contributed by atoms with Crippen LogP contribution in [0.1, 0.15) is 6.42 Å². The Morgan fingerprint density at radius 3 is 3.11 bits per heavy atom. The van der Waals surface area contributed by atoms with Crippen LogP contribution >= 0.6 is 11.8 Å². The summed E-state index contributed by atoms with van der Waals surface area (Å²) in [4.78, 5) is 11.5. The van der Waals surface area contributed by atoms with Gasteiger partial charge in [0, 0.05) is 17.3 Å². The highest BCUT2D eigenvalue weighted by Gasteiger charge is 2.07. The first kappa shape index (κ1) is 13.3. The second kappa shape index (κ2) is 6.71. The Bertz CT molecular complexity index is 618. The van der Waals surface area contributed by atoms with Crippen LogP contribution in [0.25, 0.3) is 10.8 Å². The van der Waals surface area contributed by atoms with Gasteiger partial charge in [0.15, 0.2) is 0 Å². The molecule has 1 heterocycles. The van der Waals surface area contributed by atoms with Crippen molar-refractivity contribution in [3.05, 3.63) is 30.5 Å². The molecule has 5 nitrogen and oxygen atoms in total. The van der Waals surface area contributed by atoms with E-state index < -0.39 is 0 Å². The molecule has 96 valence electrons. The lowest BCUT2D eigenvalue weighted by atomic mass is 10.2. The number of rotatable bonds is 5. The number of carbonyl (C=O) groups is 1. The third-order valence-electron chi connectivity index (χ3n) is 2.44. The first-order chi connectivity index (χ1) is 9.31. The molecular formula is C13H12N4OS. The van der Waals surface area contributed by atoms with Crippen LogP contribution in [0, 0.1) is 11.3 Å². The molecule has 0 atom stereocenters. The number of hydrogen-bond acceptors (Lipinski definition) is 5. The van der Waals surface area contributed by atoms with Gasteiger partial charge in [-0.25, -0.2) is 0 Å². The lowest BCUT2D eigenvalue weighted by molar-refractivity contribution is -0.118. The fourth-order valence-electron chi connectivity index (χ4n) is 1.55. The number of nitrogens with one attached hydrogen (secondary N) is 1. The van der Waals surface area contributed by atoms with Gasteiger partial charge in [0.1, 0.15) is 5.03 Å². The van der Waals surface area contributed by atoms with Gasteiger partial charge in [0.25, 0.3) is 0 Å². The Morgan fingerprint density at radius 2 is 2.26 bits per heavy atom. The topological polar surface area (TPSA) is 78.7 Å². The third kappa shape index (κ3) is 3.66. The van der Waals surface area contributed by atoms with Crippen molar-refractivity contribution in [2.24, 2.45) is 0 Å². The van der Waals surface area contributed by atoms with Crippen LogP contribution in [-0.2, 0) is 4.79 Å². The van der Waals surface area contributed by atoms with Gasteiger partial charge in [-0.3, -0.25) is 4.79 Å². The lowest BCUT2D eigenvalue weighted by Crippen LogP contribution is -2.25. The van der Waals surface area contributed by atoms with E-state index in [-0.39, 0.29) is 11.7 Å². The zero-order chi connectivity index (χ0) is 13.5. The van der Waals surface area contributed by atoms with Gasteiger partial charge in [0.05, 0.1) is 24.4 Å². The van der Waals surface area contributed by atoms with Gasteiger partial charge in [-0.15, -0.1) is 5.10 Å². The zero-order valence-corrected chi connectivity index (χ0v) is 11.0. The molecular weight excluding hydrogens is 260 g/mol. The molecule has 0 spiro atoms. The number of nitriles is 1. The predicted octanol–water partition coefficient (Wildman–Crippen LogP) is 1.75. The molecule has 1 amide bonds. The summed E-state index contributed by atoms with van der Waals surface area (Å²) >= 11 is 1.35. The normalized spacial score (nSPS) is 10.1. The molecule has 1 aromatic carbocycles. The average Bonchev–Trinajstić information content (AvgIpc) is 2.45. The SMILES string of the molecule is N#CCCNC(=O)CSc1nncc2ccccc12. The third-order valence-corrected chi connectivity index (χ3v) is 3.42. The standard InChI is InChI=1S/C13H12N4OS/c14-6-3-7-15-12(18)9-19-13-11-5-2-1-4-10(11)8-16-17-13/h1-2,4-5,8H,3,7,9H2,(H,15,18). The Hall–Kier alpha value is -2.13. The van der Waals surface area contributed by atoms with E-state index in [1.165, 1.54) is 11.8 Å². The number of benzene rings is 1. The highest BCUT2D eigenvalue weighted by Crippen LogP contribution is 2.24. The second-order valence-electron chi connectivity index (χ2n) is 3.78. The number of aromatic nitrogens is 2. The van der Waals surface area contributed by atoms with Crippen LogP contribution in [0.5, 0.6) is 0 Å². The summed E-state index contributed by atoms with van der Waals surface area (Å²) in [6.07, 6.45) is 2.02. The Balaban J connectivity index is 1.98. The molecule has 0 aliphatic rings. The summed E-state index contributed by atoms with van der Waals surface area (Å²) in [6, 6.07) is 9.76. The van der Waals surface area contributed by atoms with E-state index in [1.807, 2.05) is 30.3 Å². The van der Waals surface area contributed by atoms with E-state index in [0.717, 1.165) is 15.8 Å². The van der Waals surface area contributed by atoms with Crippen LogP contribution in [0.2, 0.25) is 0 Å². The number of nitrogens with zero attached hydrogens (tertiary/aromatic N) is 3. The van der Waals surface area contributed by atoms with Crippen molar-refractivity contribution >= 4 is 28.4 Å². The number of hydrogen-bond donors (Lipinski definition) is 1. The largest absolute Gasteiger partial charge is 0.354 e. The van der Waals surface area contributed by atoms with Gasteiger partial charge >= 0.3 is 0 Å². The van der Waals surface area contributed by atoms with Crippen molar-refractivity contribution in [2.75, 3.05) is 12.3 Å². The maximum absolute atomic E-state index is 11.5. The summed E-state index contributed by atoms with van der Waals surface area (Å²) in [7, 11) is 0. The minimum Gasteiger partial charge on any atom is -0.354 e. The summed E-state index contributed by atoms with van der Waals surface area (Å²) < 4.78 is 0. The van der Waals surface area contributed by atoms with E-state index in [2.05, 4.69) is 15.5 Å². The maximum Gasteiger partial charge on any atom is 0.230 e. The molecule has 0 bridgehead atoms. The Labute approximate surface area is 115 Å². The highest BCUT2D eigenvalue weighted by molar-refractivity contribution is 8.00. The molecule has 0 saturated heterocycles. The minimum absolute atomic E-state index is 0.102. The van der Waals surface area contributed by atoms with Gasteiger partial charge in [-0.1, -0.05) is 36.0 Å². The summed E-state index contributed by atoms with van der Waals surface area (Å²) in [6.45, 7) is 0.386. The molecule has 1 aromatic heterocycles. The van der Waals surface area contributed by atoms with Crippen LogP contribution in [0.15, 0.2) is 35.5 Å². The summed E-state index contributed by atoms with van der Waals surface area (Å²) in [5.74, 6) is 0.170. The van der Waals surface area contributed by atoms with Crippen molar-refractivity contribution in [1.82, 2.24) is 15.5 Å². The highest BCUT2D eigenvalue weighted by atomic mass is 32.2. The molecule has 19 heavy (non-hydrogen) atoms. The summed E-state index contributed by atoms with van der Waals surface area (Å²) in [5.41, 5.74) is 0. The van der Waals surface area contributed by atoms with Crippen molar-refractivity contribution in [2.45, 2.75) is 11.4 Å². The smallest absolute Gasteiger partial charge is 0.230 e. The van der Waals surface area contributed by atoms with E-state index >= 15 is 0 Å². The number of thioether (sulfide) groups is 1. The monoisotopic (exact) mass is 272 g/mol. The Kier molecular flexibility index (Phi) is 4.70. The molecule has 0 radical (unpaired) electrons. The zero-order valence-electron chi connectivity index (χ0n) is 10.2. The molecule has 2 aromatic rings. The fourth-order valence-corrected chi connectivity index (χ4v) is 2.37. The van der Waals surface area contributed by atoms with Crippen LogP contribution in [-0.4, -0.2) is 28.4 Å². The van der Waals surface area contributed by atoms with Crippen molar-refractivity contribution in [3.63, 3.8) is 0 Å². The molecule has 0 saturated carbocycles. The van der Waals surface area contributed by atoms with Crippen LogP contribution < -0.4 is 5.32 Å². The molecule has 0 fully saturated rings. The number of carbonyl (C=O) groups excluding carboxylic acids is 1. The van der Waals surface area contributed by atoms with Crippen LogP contribution in [0.3, 0.4) is 0 Å². The number of amides is 1. The summed E-state index contributed by atoms with van der Waals surface area (Å²) in [5, 5.41) is 21.8. The molecule has 0 aliphatic heterocycles. The van der Waals surface area contributed by atoms with Gasteiger partial charge < -0.3 is 5.32 Å². The number of fused-ring (bicyclic) bond motifs is 1. The van der Waals surface area contributed by atoms with Crippen molar-refractivity contribution < 1.29 is 4.79 Å². The molecule has 0 unspecified atom stereocenters. The van der Waals surface area contributed by atoms with Gasteiger partial charge in [-0.2, -0.15) is 10.4 Å². The fraction of sp³-hybridized carbons (Fsp3) is 0.231. The van der Waals surface area contributed by atoms with Gasteiger partial charge in [-0.05, 0) is 0 Å². The minimum atomic E-state index is -0.102. The quantitative estimate of drug-likeness (QED) is 0.662. The second-order valence-corrected chi connectivity index (χ2v) is 4.75. The molecule has 6 heteroatoms. The molecule has 0 aliphatic carbocycles. The van der Waals surface area contributed by atoms with Crippen molar-refractivity contribution in [3.8, 4) is 6.07 Å². The lowest BCUT2D eigenvalue weighted by Gasteiger charge is -2.04. The van der Waals surface area contributed by atoms with Crippen LogP contribution in [0.4, 0.5) is 0 Å². The van der Waals surface area contributed by atoms with Crippen molar-refractivity contribution in [1.29, 1.82) is 5.26 Å². The van der Waals surface area contributed by atoms with E-state index in [1.54, 1.807) is 6.20 Å². The Morgan fingerprint density at radius 1 is 1.42 bits per heavy atom. The van der Waals surface area contributed by atoms with E-state index in [9.17, 15) is 4.79 Å².